The molecule has 2 N–H and O–H groups in total. The van der Waals surface area contributed by atoms with Crippen LogP contribution in [0.3, 0.4) is 0 Å². The van der Waals surface area contributed by atoms with Gasteiger partial charge in [-0.25, -0.2) is 14.5 Å². The summed E-state index contributed by atoms with van der Waals surface area (Å²) in [6.45, 7) is 4.23. The minimum absolute atomic E-state index is 0.310. The number of pyridine rings is 1. The molecule has 26 heavy (non-hydrogen) atoms. The van der Waals surface area contributed by atoms with E-state index in [-0.39, 0.29) is 6.03 Å². The average Bonchev–Trinajstić information content (AvgIpc) is 2.98. The molecule has 0 unspecified atom stereocenters. The number of hydrogen-bond donors (Lipinski definition) is 2. The number of rotatable bonds is 5. The molecule has 0 spiro atoms. The number of ether oxygens (including phenoxy) is 1. The Hall–Kier alpha value is -3.35. The molecule has 0 fully saturated rings. The summed E-state index contributed by atoms with van der Waals surface area (Å²) in [7, 11) is 1.55. The average molecular weight is 351 g/mol. The first-order valence-corrected chi connectivity index (χ1v) is 8.24. The predicted octanol–water partition coefficient (Wildman–Crippen LogP) is 3.21. The highest BCUT2D eigenvalue weighted by Gasteiger charge is 2.11. The van der Waals surface area contributed by atoms with Crippen LogP contribution in [0.4, 0.5) is 10.5 Å². The largest absolute Gasteiger partial charge is 0.481 e. The number of benzene rings is 1. The van der Waals surface area contributed by atoms with E-state index < -0.39 is 0 Å². The van der Waals surface area contributed by atoms with Gasteiger partial charge < -0.3 is 15.4 Å². The topological polar surface area (TPSA) is 81.1 Å². The van der Waals surface area contributed by atoms with Crippen molar-refractivity contribution in [3.8, 4) is 11.6 Å². The lowest BCUT2D eigenvalue weighted by Crippen LogP contribution is -2.29. The Morgan fingerprint density at radius 2 is 2.00 bits per heavy atom. The fourth-order valence-electron chi connectivity index (χ4n) is 2.72. The van der Waals surface area contributed by atoms with Crippen LogP contribution in [-0.2, 0) is 6.54 Å². The Balaban J connectivity index is 1.73. The highest BCUT2D eigenvalue weighted by atomic mass is 16.5. The van der Waals surface area contributed by atoms with Crippen molar-refractivity contribution in [3.63, 3.8) is 0 Å². The number of amides is 2. The van der Waals surface area contributed by atoms with Crippen molar-refractivity contribution in [3.05, 3.63) is 65.6 Å². The molecule has 0 bridgehead atoms. The third-order valence-electron chi connectivity index (χ3n) is 3.87. The fourth-order valence-corrected chi connectivity index (χ4v) is 2.72. The van der Waals surface area contributed by atoms with Gasteiger partial charge in [0.15, 0.2) is 0 Å². The Labute approximate surface area is 152 Å². The number of para-hydroxylation sites is 2. The van der Waals surface area contributed by atoms with Crippen LogP contribution in [0.2, 0.25) is 0 Å². The Bertz CT molecular complexity index is 920. The molecule has 3 aromatic rings. The number of anilines is 1. The van der Waals surface area contributed by atoms with Gasteiger partial charge in [-0.05, 0) is 38.1 Å². The van der Waals surface area contributed by atoms with Crippen LogP contribution in [0, 0.1) is 13.8 Å². The van der Waals surface area contributed by atoms with E-state index in [2.05, 4.69) is 20.7 Å². The van der Waals surface area contributed by atoms with Crippen LogP contribution < -0.4 is 15.4 Å². The number of aryl methyl sites for hydroxylation is 2. The zero-order valence-electron chi connectivity index (χ0n) is 15.0. The summed E-state index contributed by atoms with van der Waals surface area (Å²) in [4.78, 5) is 16.5. The molecule has 0 aliphatic carbocycles. The summed E-state index contributed by atoms with van der Waals surface area (Å²) >= 11 is 0. The standard InChI is InChI=1S/C19H21N5O2/c1-13-11-14(2)24(23-13)17-9-5-4-8-16(17)22-19(25)21-12-15-7-6-10-20-18(15)26-3/h4-11H,12H2,1-3H3,(H2,21,22,25). The lowest BCUT2D eigenvalue weighted by molar-refractivity contribution is 0.251. The zero-order valence-corrected chi connectivity index (χ0v) is 15.0. The van der Waals surface area contributed by atoms with Gasteiger partial charge in [0.2, 0.25) is 5.88 Å². The molecule has 2 aromatic heterocycles. The van der Waals surface area contributed by atoms with Crippen LogP contribution in [0.15, 0.2) is 48.7 Å². The summed E-state index contributed by atoms with van der Waals surface area (Å²) in [5, 5.41) is 10.2. The van der Waals surface area contributed by atoms with Crippen LogP contribution in [0.5, 0.6) is 5.88 Å². The molecule has 7 nitrogen and oxygen atoms in total. The molecule has 3 rings (SSSR count). The van der Waals surface area contributed by atoms with Gasteiger partial charge in [-0.1, -0.05) is 18.2 Å². The van der Waals surface area contributed by atoms with Crippen LogP contribution in [-0.4, -0.2) is 27.9 Å². The van der Waals surface area contributed by atoms with Crippen LogP contribution >= 0.6 is 0 Å². The van der Waals surface area contributed by atoms with Crippen molar-refractivity contribution < 1.29 is 9.53 Å². The van der Waals surface area contributed by atoms with E-state index in [1.54, 1.807) is 19.4 Å². The van der Waals surface area contributed by atoms with Crippen molar-refractivity contribution in [1.29, 1.82) is 0 Å². The second-order valence-corrected chi connectivity index (χ2v) is 5.84. The lowest BCUT2D eigenvalue weighted by atomic mass is 10.2. The van der Waals surface area contributed by atoms with Gasteiger partial charge in [0.05, 0.1) is 24.2 Å². The Kier molecular flexibility index (Phi) is 5.17. The van der Waals surface area contributed by atoms with Crippen molar-refractivity contribution in [2.45, 2.75) is 20.4 Å². The Morgan fingerprint density at radius 3 is 2.73 bits per heavy atom. The van der Waals surface area contributed by atoms with E-state index >= 15 is 0 Å². The molecule has 0 saturated carbocycles. The lowest BCUT2D eigenvalue weighted by Gasteiger charge is -2.13. The molecule has 0 atom stereocenters. The van der Waals surface area contributed by atoms with Gasteiger partial charge in [-0.2, -0.15) is 5.10 Å². The molecule has 0 aliphatic rings. The minimum Gasteiger partial charge on any atom is -0.481 e. The zero-order chi connectivity index (χ0) is 18.5. The normalized spacial score (nSPS) is 10.4. The molecule has 0 aliphatic heterocycles. The molecule has 0 saturated heterocycles. The molecule has 0 radical (unpaired) electrons. The van der Waals surface area contributed by atoms with Gasteiger partial charge in [0, 0.05) is 24.0 Å². The quantitative estimate of drug-likeness (QED) is 0.739. The van der Waals surface area contributed by atoms with Crippen molar-refractivity contribution in [1.82, 2.24) is 20.1 Å². The minimum atomic E-state index is -0.315. The fraction of sp³-hybridized carbons (Fsp3) is 0.211. The molecule has 2 heterocycles. The van der Waals surface area contributed by atoms with E-state index in [1.807, 2.05) is 54.9 Å². The maximum Gasteiger partial charge on any atom is 0.319 e. The van der Waals surface area contributed by atoms with Crippen LogP contribution in [0.1, 0.15) is 17.0 Å². The summed E-state index contributed by atoms with van der Waals surface area (Å²) in [6, 6.07) is 12.9. The highest BCUT2D eigenvalue weighted by Crippen LogP contribution is 2.21. The monoisotopic (exact) mass is 351 g/mol. The highest BCUT2D eigenvalue weighted by molar-refractivity contribution is 5.91. The number of nitrogens with one attached hydrogen (secondary N) is 2. The third-order valence-corrected chi connectivity index (χ3v) is 3.87. The molecular formula is C19H21N5O2. The van der Waals surface area contributed by atoms with Crippen molar-refractivity contribution in [2.75, 3.05) is 12.4 Å². The maximum absolute atomic E-state index is 12.3. The molecule has 2 amide bonds. The van der Waals surface area contributed by atoms with E-state index in [9.17, 15) is 4.79 Å². The number of carbonyl (C=O) groups is 1. The summed E-state index contributed by atoms with van der Waals surface area (Å²) in [5.41, 5.74) is 4.21. The van der Waals surface area contributed by atoms with Gasteiger partial charge in [-0.15, -0.1) is 0 Å². The first-order chi connectivity index (χ1) is 12.6. The van der Waals surface area contributed by atoms with Crippen molar-refractivity contribution >= 4 is 11.7 Å². The van der Waals surface area contributed by atoms with E-state index in [4.69, 9.17) is 4.74 Å². The second kappa shape index (κ2) is 7.69. The van der Waals surface area contributed by atoms with Gasteiger partial charge >= 0.3 is 6.03 Å². The number of aromatic nitrogens is 3. The summed E-state index contributed by atoms with van der Waals surface area (Å²) < 4.78 is 7.01. The maximum atomic E-state index is 12.3. The SMILES string of the molecule is COc1ncccc1CNC(=O)Nc1ccccc1-n1nc(C)cc1C. The van der Waals surface area contributed by atoms with Gasteiger partial charge in [0.1, 0.15) is 0 Å². The molecule has 134 valence electrons. The number of carbonyl (C=O) groups excluding carboxylic acids is 1. The first-order valence-electron chi connectivity index (χ1n) is 8.24. The van der Waals surface area contributed by atoms with Gasteiger partial charge in [0.25, 0.3) is 0 Å². The number of hydrogen-bond acceptors (Lipinski definition) is 4. The number of nitrogens with zero attached hydrogens (tertiary/aromatic N) is 3. The van der Waals surface area contributed by atoms with Crippen LogP contribution in [0.25, 0.3) is 5.69 Å². The van der Waals surface area contributed by atoms with Gasteiger partial charge in [-0.3, -0.25) is 0 Å². The van der Waals surface area contributed by atoms with Crippen molar-refractivity contribution in [2.24, 2.45) is 0 Å². The molecule has 1 aromatic carbocycles. The number of methoxy groups -OCH3 is 1. The Morgan fingerprint density at radius 1 is 1.19 bits per heavy atom. The number of urea groups is 1. The van der Waals surface area contributed by atoms with E-state index in [0.29, 0.717) is 18.1 Å². The van der Waals surface area contributed by atoms with E-state index in [0.717, 1.165) is 22.6 Å². The summed E-state index contributed by atoms with van der Waals surface area (Å²) in [5.74, 6) is 0.496. The van der Waals surface area contributed by atoms with E-state index in [1.165, 1.54) is 0 Å². The smallest absolute Gasteiger partial charge is 0.319 e. The third kappa shape index (κ3) is 3.83. The second-order valence-electron chi connectivity index (χ2n) is 5.84. The summed E-state index contributed by atoms with van der Waals surface area (Å²) in [6.07, 6.45) is 1.65. The molecular weight excluding hydrogens is 330 g/mol. The molecule has 7 heteroatoms. The predicted molar refractivity (Wildman–Crippen MR) is 99.7 cm³/mol. The first kappa shape index (κ1) is 17.5.